The number of nitrogens with zero attached hydrogens (tertiary/aromatic N) is 5. The topological polar surface area (TPSA) is 129 Å². The van der Waals surface area contributed by atoms with Crippen LogP contribution in [0.25, 0.3) is 5.65 Å². The minimum absolute atomic E-state index is 0.144. The lowest BCUT2D eigenvalue weighted by Crippen LogP contribution is -2.35. The third-order valence-corrected chi connectivity index (χ3v) is 6.34. The van der Waals surface area contributed by atoms with Crippen molar-refractivity contribution in [3.05, 3.63) is 47.2 Å². The molecule has 3 aromatic rings. The van der Waals surface area contributed by atoms with Crippen LogP contribution in [0.4, 0.5) is 17.3 Å². The molecule has 4 heterocycles. The van der Waals surface area contributed by atoms with Crippen LogP contribution in [-0.2, 0) is 4.79 Å². The molecule has 0 aliphatic carbocycles. The highest BCUT2D eigenvalue weighted by Gasteiger charge is 2.38. The number of carbonyl (C=O) groups is 2. The Morgan fingerprint density at radius 2 is 2.00 bits per heavy atom. The molecule has 9 nitrogen and oxygen atoms in total. The lowest BCUT2D eigenvalue weighted by molar-refractivity contribution is -0.116. The number of carbonyl (C=O) groups excluding carboxylic acids is 2. The van der Waals surface area contributed by atoms with E-state index in [-0.39, 0.29) is 17.2 Å². The van der Waals surface area contributed by atoms with Gasteiger partial charge in [-0.15, -0.1) is 0 Å². The SMILES string of the molecule is N#Cc1c(N2CCSCC2)nc2c(C3C(=O)Nc4ccccc4C3=O)cnn2c1N. The Balaban J connectivity index is 1.68. The molecule has 150 valence electrons. The second-order valence-electron chi connectivity index (χ2n) is 7.07. The Morgan fingerprint density at radius 3 is 2.77 bits per heavy atom. The molecule has 1 atom stereocenters. The van der Waals surface area contributed by atoms with Gasteiger partial charge < -0.3 is 16.0 Å². The number of nitrogen functional groups attached to an aromatic ring is 1. The van der Waals surface area contributed by atoms with Gasteiger partial charge in [0.15, 0.2) is 17.2 Å². The third kappa shape index (κ3) is 2.70. The molecule has 3 N–H and O–H groups in total. The standard InChI is InChI=1S/C20H17N7O2S/c21-9-12-17(22)27-19(25-18(12)26-5-7-30-8-6-26)13(10-23-27)15-16(28)11-3-1-2-4-14(11)24-20(15)29/h1-4,10,15H,5-8,22H2,(H,24,29). The van der Waals surface area contributed by atoms with E-state index in [0.717, 1.165) is 24.6 Å². The lowest BCUT2D eigenvalue weighted by Gasteiger charge is -2.28. The maximum atomic E-state index is 13.1. The number of rotatable bonds is 2. The summed E-state index contributed by atoms with van der Waals surface area (Å²) in [5.74, 6) is 0.620. The number of ketones is 1. The highest BCUT2D eigenvalue weighted by molar-refractivity contribution is 7.99. The van der Waals surface area contributed by atoms with Crippen LogP contribution in [0.3, 0.4) is 0 Å². The van der Waals surface area contributed by atoms with Crippen molar-refractivity contribution in [2.75, 3.05) is 40.5 Å². The molecule has 10 heteroatoms. The van der Waals surface area contributed by atoms with Crippen molar-refractivity contribution in [2.45, 2.75) is 5.92 Å². The van der Waals surface area contributed by atoms with Crippen molar-refractivity contribution in [1.82, 2.24) is 14.6 Å². The van der Waals surface area contributed by atoms with Crippen molar-refractivity contribution in [2.24, 2.45) is 0 Å². The number of hydrogen-bond acceptors (Lipinski definition) is 8. The van der Waals surface area contributed by atoms with E-state index >= 15 is 0 Å². The molecule has 0 bridgehead atoms. The van der Waals surface area contributed by atoms with E-state index in [1.807, 2.05) is 16.7 Å². The Kier molecular flexibility index (Phi) is 4.33. The second kappa shape index (κ2) is 7.03. The first-order chi connectivity index (χ1) is 14.6. The normalized spacial score (nSPS) is 18.8. The molecule has 2 aromatic heterocycles. The van der Waals surface area contributed by atoms with E-state index in [1.165, 1.54) is 10.7 Å². The second-order valence-corrected chi connectivity index (χ2v) is 8.30. The molecule has 1 unspecified atom stereocenters. The number of fused-ring (bicyclic) bond motifs is 2. The lowest BCUT2D eigenvalue weighted by atomic mass is 9.87. The van der Waals surface area contributed by atoms with E-state index in [1.54, 1.807) is 24.3 Å². The highest BCUT2D eigenvalue weighted by Crippen LogP contribution is 2.35. The van der Waals surface area contributed by atoms with Crippen LogP contribution < -0.4 is 16.0 Å². The van der Waals surface area contributed by atoms with Gasteiger partial charge in [0.25, 0.3) is 0 Å². The maximum Gasteiger partial charge on any atom is 0.240 e. The minimum Gasteiger partial charge on any atom is -0.382 e. The Bertz CT molecular complexity index is 1240. The number of benzene rings is 1. The van der Waals surface area contributed by atoms with Gasteiger partial charge >= 0.3 is 0 Å². The predicted molar refractivity (Wildman–Crippen MR) is 114 cm³/mol. The number of hydrogen-bond donors (Lipinski definition) is 2. The van der Waals surface area contributed by atoms with Gasteiger partial charge in [0.05, 0.1) is 11.9 Å². The number of thioether (sulfide) groups is 1. The smallest absolute Gasteiger partial charge is 0.240 e. The van der Waals surface area contributed by atoms with Crippen LogP contribution in [-0.4, -0.2) is 50.9 Å². The monoisotopic (exact) mass is 419 g/mol. The maximum absolute atomic E-state index is 13.1. The number of Topliss-reactive ketones (excluding diaryl/α,β-unsaturated/α-hetero) is 1. The first-order valence-electron chi connectivity index (χ1n) is 9.44. The van der Waals surface area contributed by atoms with E-state index in [4.69, 9.17) is 5.73 Å². The van der Waals surface area contributed by atoms with Crippen molar-refractivity contribution in [3.8, 4) is 6.07 Å². The van der Waals surface area contributed by atoms with E-state index in [0.29, 0.717) is 28.3 Å². The third-order valence-electron chi connectivity index (χ3n) is 5.40. The Labute approximate surface area is 175 Å². The Morgan fingerprint density at radius 1 is 1.23 bits per heavy atom. The largest absolute Gasteiger partial charge is 0.382 e. The molecule has 5 rings (SSSR count). The number of anilines is 3. The summed E-state index contributed by atoms with van der Waals surface area (Å²) >= 11 is 1.84. The molecule has 1 fully saturated rings. The zero-order valence-corrected chi connectivity index (χ0v) is 16.6. The molecule has 1 amide bonds. The minimum atomic E-state index is -1.08. The molecule has 0 spiro atoms. The van der Waals surface area contributed by atoms with Crippen LogP contribution >= 0.6 is 11.8 Å². The average Bonchev–Trinajstić information content (AvgIpc) is 3.18. The molecule has 0 radical (unpaired) electrons. The zero-order chi connectivity index (χ0) is 20.8. The van der Waals surface area contributed by atoms with Crippen molar-refractivity contribution < 1.29 is 9.59 Å². The van der Waals surface area contributed by atoms with Crippen LogP contribution in [0.15, 0.2) is 30.5 Å². The number of nitriles is 1. The van der Waals surface area contributed by atoms with Crippen LogP contribution in [0.5, 0.6) is 0 Å². The van der Waals surface area contributed by atoms with E-state index < -0.39 is 11.8 Å². The molecular formula is C20H17N7O2S. The van der Waals surface area contributed by atoms with Crippen LogP contribution in [0, 0.1) is 11.3 Å². The predicted octanol–water partition coefficient (Wildman–Crippen LogP) is 1.65. The fourth-order valence-corrected chi connectivity index (χ4v) is 4.81. The molecule has 0 saturated carbocycles. The van der Waals surface area contributed by atoms with Gasteiger partial charge in [-0.1, -0.05) is 12.1 Å². The quantitative estimate of drug-likeness (QED) is 0.600. The van der Waals surface area contributed by atoms with Gasteiger partial charge in [0.2, 0.25) is 5.91 Å². The van der Waals surface area contributed by atoms with Gasteiger partial charge in [0.1, 0.15) is 23.4 Å². The van der Waals surface area contributed by atoms with Crippen molar-refractivity contribution in [1.29, 1.82) is 5.26 Å². The summed E-state index contributed by atoms with van der Waals surface area (Å²) in [5.41, 5.74) is 8.11. The summed E-state index contributed by atoms with van der Waals surface area (Å²) in [6.45, 7) is 1.48. The highest BCUT2D eigenvalue weighted by atomic mass is 32.2. The van der Waals surface area contributed by atoms with Gasteiger partial charge in [0, 0.05) is 35.7 Å². The zero-order valence-electron chi connectivity index (χ0n) is 15.8. The fourth-order valence-electron chi connectivity index (χ4n) is 3.90. The number of para-hydroxylation sites is 1. The van der Waals surface area contributed by atoms with Gasteiger partial charge in [-0.25, -0.2) is 4.98 Å². The molecule has 1 saturated heterocycles. The number of nitrogens with one attached hydrogen (secondary N) is 1. The number of nitrogens with two attached hydrogens (primary N) is 1. The Hall–Kier alpha value is -3.58. The summed E-state index contributed by atoms with van der Waals surface area (Å²) in [4.78, 5) is 32.6. The van der Waals surface area contributed by atoms with Gasteiger partial charge in [-0.05, 0) is 12.1 Å². The molecule has 2 aliphatic rings. The summed E-state index contributed by atoms with van der Waals surface area (Å²) in [7, 11) is 0. The first-order valence-corrected chi connectivity index (χ1v) is 10.6. The average molecular weight is 419 g/mol. The summed E-state index contributed by atoms with van der Waals surface area (Å²) in [5, 5.41) is 16.7. The van der Waals surface area contributed by atoms with Crippen molar-refractivity contribution >= 4 is 46.4 Å². The first kappa shape index (κ1) is 18.4. The summed E-state index contributed by atoms with van der Waals surface area (Å²) < 4.78 is 1.33. The number of amides is 1. The van der Waals surface area contributed by atoms with Crippen LogP contribution in [0.1, 0.15) is 27.4 Å². The molecule has 30 heavy (non-hydrogen) atoms. The molecular weight excluding hydrogens is 402 g/mol. The van der Waals surface area contributed by atoms with Gasteiger partial charge in [-0.2, -0.15) is 26.6 Å². The fraction of sp³-hybridized carbons (Fsp3) is 0.250. The van der Waals surface area contributed by atoms with Gasteiger partial charge in [-0.3, -0.25) is 9.59 Å². The van der Waals surface area contributed by atoms with E-state index in [2.05, 4.69) is 21.5 Å². The number of aromatic nitrogens is 3. The van der Waals surface area contributed by atoms with Crippen molar-refractivity contribution in [3.63, 3.8) is 0 Å². The summed E-state index contributed by atoms with van der Waals surface area (Å²) in [6, 6.07) is 9.02. The molecule has 1 aromatic carbocycles. The van der Waals surface area contributed by atoms with Crippen LogP contribution in [0.2, 0.25) is 0 Å². The molecule has 2 aliphatic heterocycles. The van der Waals surface area contributed by atoms with E-state index in [9.17, 15) is 14.9 Å². The summed E-state index contributed by atoms with van der Waals surface area (Å²) in [6.07, 6.45) is 1.44.